The maximum absolute atomic E-state index is 11.7. The van der Waals surface area contributed by atoms with Crippen LogP contribution in [0.3, 0.4) is 0 Å². The normalized spacial score (nSPS) is 17.5. The monoisotopic (exact) mass is 259 g/mol. The summed E-state index contributed by atoms with van der Waals surface area (Å²) >= 11 is 0. The van der Waals surface area contributed by atoms with Gasteiger partial charge in [0.1, 0.15) is 6.54 Å². The Labute approximate surface area is 110 Å². The third-order valence-electron chi connectivity index (χ3n) is 3.38. The molecule has 1 aliphatic heterocycles. The van der Waals surface area contributed by atoms with Crippen LogP contribution in [0.25, 0.3) is 5.76 Å². The number of rotatable bonds is 0. The molecule has 5 nitrogen and oxygen atoms in total. The first-order valence-electron chi connectivity index (χ1n) is 6.08. The van der Waals surface area contributed by atoms with Crippen LogP contribution in [-0.2, 0) is 20.7 Å². The molecule has 2 aliphatic rings. The Bertz CT molecular complexity index is 591. The minimum atomic E-state index is -0.525. The number of allylic oxidation sites excluding steroid dienone is 1. The van der Waals surface area contributed by atoms with Crippen molar-refractivity contribution in [3.63, 3.8) is 0 Å². The smallest absolute Gasteiger partial charge is 0.414 e. The van der Waals surface area contributed by atoms with Crippen molar-refractivity contribution in [2.75, 3.05) is 13.7 Å². The topological polar surface area (TPSA) is 55.8 Å². The number of methoxy groups -OCH3 is 1. The molecule has 0 spiro atoms. The SMILES string of the molecule is COC(=O)N1CC(=O)OC2=C1CCc1ccccc12. The molecule has 0 bridgehead atoms. The molecule has 19 heavy (non-hydrogen) atoms. The van der Waals surface area contributed by atoms with Crippen LogP contribution in [0, 0.1) is 0 Å². The summed E-state index contributed by atoms with van der Waals surface area (Å²) in [6.07, 6.45) is 0.956. The zero-order valence-corrected chi connectivity index (χ0v) is 10.5. The van der Waals surface area contributed by atoms with Crippen molar-refractivity contribution in [2.45, 2.75) is 12.8 Å². The van der Waals surface area contributed by atoms with Crippen LogP contribution in [0.15, 0.2) is 30.0 Å². The Morgan fingerprint density at radius 2 is 2.11 bits per heavy atom. The first-order chi connectivity index (χ1) is 9.20. The molecule has 98 valence electrons. The average Bonchev–Trinajstić information content (AvgIpc) is 2.45. The van der Waals surface area contributed by atoms with Gasteiger partial charge in [0, 0.05) is 5.56 Å². The first-order valence-corrected chi connectivity index (χ1v) is 6.08. The van der Waals surface area contributed by atoms with Gasteiger partial charge in [-0.3, -0.25) is 4.90 Å². The van der Waals surface area contributed by atoms with Crippen LogP contribution in [0.4, 0.5) is 4.79 Å². The summed E-state index contributed by atoms with van der Waals surface area (Å²) in [7, 11) is 1.30. The predicted octanol–water partition coefficient (Wildman–Crippen LogP) is 1.93. The van der Waals surface area contributed by atoms with Gasteiger partial charge in [0.25, 0.3) is 0 Å². The lowest BCUT2D eigenvalue weighted by atomic mass is 9.92. The third kappa shape index (κ3) is 1.87. The second kappa shape index (κ2) is 4.42. The van der Waals surface area contributed by atoms with Crippen molar-refractivity contribution in [3.05, 3.63) is 41.1 Å². The van der Waals surface area contributed by atoms with Gasteiger partial charge in [0.15, 0.2) is 5.76 Å². The Balaban J connectivity index is 2.11. The van der Waals surface area contributed by atoms with E-state index in [1.165, 1.54) is 12.0 Å². The molecule has 5 heteroatoms. The molecule has 1 amide bonds. The molecule has 0 saturated carbocycles. The van der Waals surface area contributed by atoms with Gasteiger partial charge < -0.3 is 9.47 Å². The van der Waals surface area contributed by atoms with E-state index in [1.807, 2.05) is 24.3 Å². The van der Waals surface area contributed by atoms with Crippen molar-refractivity contribution in [1.29, 1.82) is 0 Å². The molecule has 1 heterocycles. The highest BCUT2D eigenvalue weighted by atomic mass is 16.6. The molecule has 1 aromatic carbocycles. The number of ether oxygens (including phenoxy) is 2. The molecule has 0 aromatic heterocycles. The lowest BCUT2D eigenvalue weighted by Gasteiger charge is -2.33. The summed E-state index contributed by atoms with van der Waals surface area (Å²) in [6.45, 7) is -0.0896. The number of hydrogen-bond acceptors (Lipinski definition) is 4. The van der Waals surface area contributed by atoms with Gasteiger partial charge in [0.2, 0.25) is 0 Å². The molecular weight excluding hydrogens is 246 g/mol. The second-order valence-corrected chi connectivity index (χ2v) is 4.46. The lowest BCUT2D eigenvalue weighted by molar-refractivity contribution is -0.138. The second-order valence-electron chi connectivity index (χ2n) is 4.46. The van der Waals surface area contributed by atoms with Crippen LogP contribution >= 0.6 is 0 Å². The number of carbonyl (C=O) groups excluding carboxylic acids is 2. The van der Waals surface area contributed by atoms with Crippen LogP contribution in [0.1, 0.15) is 17.5 Å². The van der Waals surface area contributed by atoms with Gasteiger partial charge in [-0.2, -0.15) is 0 Å². The van der Waals surface area contributed by atoms with Gasteiger partial charge in [-0.15, -0.1) is 0 Å². The fourth-order valence-corrected chi connectivity index (χ4v) is 2.51. The van der Waals surface area contributed by atoms with E-state index in [0.29, 0.717) is 12.2 Å². The summed E-state index contributed by atoms with van der Waals surface area (Å²) in [5.74, 6) is 0.0457. The van der Waals surface area contributed by atoms with Gasteiger partial charge in [0.05, 0.1) is 12.8 Å². The molecule has 0 N–H and O–H groups in total. The fraction of sp³-hybridized carbons (Fsp3) is 0.286. The number of fused-ring (bicyclic) bond motifs is 2. The predicted molar refractivity (Wildman–Crippen MR) is 66.9 cm³/mol. The van der Waals surface area contributed by atoms with E-state index in [9.17, 15) is 9.59 Å². The standard InChI is InChI=1S/C14H13NO4/c1-18-14(17)15-8-12(16)19-13-10-5-3-2-4-9(10)6-7-11(13)15/h2-5H,6-8H2,1H3. The van der Waals surface area contributed by atoms with E-state index in [2.05, 4.69) is 0 Å². The minimum absolute atomic E-state index is 0.0896. The van der Waals surface area contributed by atoms with Gasteiger partial charge in [-0.25, -0.2) is 9.59 Å². The van der Waals surface area contributed by atoms with E-state index in [0.717, 1.165) is 23.2 Å². The molecular formula is C14H13NO4. The fourth-order valence-electron chi connectivity index (χ4n) is 2.51. The highest BCUT2D eigenvalue weighted by Crippen LogP contribution is 2.36. The van der Waals surface area contributed by atoms with Gasteiger partial charge in [-0.05, 0) is 18.4 Å². The van der Waals surface area contributed by atoms with Crippen molar-refractivity contribution < 1.29 is 19.1 Å². The van der Waals surface area contributed by atoms with Crippen molar-refractivity contribution in [2.24, 2.45) is 0 Å². The van der Waals surface area contributed by atoms with E-state index >= 15 is 0 Å². The number of benzene rings is 1. The van der Waals surface area contributed by atoms with Crippen LogP contribution in [0.5, 0.6) is 0 Å². The quantitative estimate of drug-likeness (QED) is 0.668. The third-order valence-corrected chi connectivity index (χ3v) is 3.38. The van der Waals surface area contributed by atoms with E-state index < -0.39 is 12.1 Å². The zero-order valence-electron chi connectivity index (χ0n) is 10.5. The van der Waals surface area contributed by atoms with Gasteiger partial charge in [-0.1, -0.05) is 24.3 Å². The number of esters is 1. The molecule has 1 aliphatic carbocycles. The Kier molecular flexibility index (Phi) is 2.74. The van der Waals surface area contributed by atoms with Crippen LogP contribution in [0.2, 0.25) is 0 Å². The van der Waals surface area contributed by atoms with Crippen LogP contribution < -0.4 is 0 Å². The lowest BCUT2D eigenvalue weighted by Crippen LogP contribution is -2.41. The van der Waals surface area contributed by atoms with Crippen molar-refractivity contribution in [1.82, 2.24) is 4.90 Å². The van der Waals surface area contributed by atoms with Crippen molar-refractivity contribution >= 4 is 17.8 Å². The van der Waals surface area contributed by atoms with E-state index in [-0.39, 0.29) is 6.54 Å². The molecule has 1 aromatic rings. The Morgan fingerprint density at radius 1 is 1.32 bits per heavy atom. The summed E-state index contributed by atoms with van der Waals surface area (Å²) in [4.78, 5) is 24.8. The van der Waals surface area contributed by atoms with E-state index in [1.54, 1.807) is 0 Å². The zero-order chi connectivity index (χ0) is 13.4. The minimum Gasteiger partial charge on any atom is -0.452 e. The highest BCUT2D eigenvalue weighted by Gasteiger charge is 2.35. The summed E-state index contributed by atoms with van der Waals surface area (Å²) < 4.78 is 10.1. The number of aryl methyl sites for hydroxylation is 1. The highest BCUT2D eigenvalue weighted by molar-refractivity contribution is 5.89. The number of hydrogen-bond donors (Lipinski definition) is 0. The first kappa shape index (κ1) is 11.8. The maximum Gasteiger partial charge on any atom is 0.414 e. The Morgan fingerprint density at radius 3 is 2.89 bits per heavy atom. The number of amides is 1. The summed E-state index contributed by atoms with van der Waals surface area (Å²) in [5, 5.41) is 0. The van der Waals surface area contributed by atoms with Crippen molar-refractivity contribution in [3.8, 4) is 0 Å². The number of nitrogens with zero attached hydrogens (tertiary/aromatic N) is 1. The maximum atomic E-state index is 11.7. The average molecular weight is 259 g/mol. The van der Waals surface area contributed by atoms with Gasteiger partial charge >= 0.3 is 12.1 Å². The van der Waals surface area contributed by atoms with Crippen LogP contribution in [-0.4, -0.2) is 30.6 Å². The molecule has 0 fully saturated rings. The molecule has 3 rings (SSSR count). The summed E-state index contributed by atoms with van der Waals surface area (Å²) in [5.41, 5.74) is 2.73. The molecule has 0 radical (unpaired) electrons. The number of carbonyl (C=O) groups is 2. The molecule has 0 unspecified atom stereocenters. The van der Waals surface area contributed by atoms with E-state index in [4.69, 9.17) is 9.47 Å². The largest absolute Gasteiger partial charge is 0.452 e. The summed E-state index contributed by atoms with van der Waals surface area (Å²) in [6, 6.07) is 7.74. The molecule has 0 saturated heterocycles. The molecule has 0 atom stereocenters. The Hall–Kier alpha value is -2.30.